The van der Waals surface area contributed by atoms with Crippen LogP contribution in [0.5, 0.6) is 0 Å². The molecule has 0 fully saturated rings. The highest BCUT2D eigenvalue weighted by molar-refractivity contribution is 6.44. The van der Waals surface area contributed by atoms with Crippen molar-refractivity contribution in [1.29, 1.82) is 0 Å². The molecule has 0 saturated heterocycles. The molecular weight excluding hydrogens is 375 g/mol. The van der Waals surface area contributed by atoms with Crippen molar-refractivity contribution in [1.82, 2.24) is 5.32 Å². The summed E-state index contributed by atoms with van der Waals surface area (Å²) in [7, 11) is 1.68. The Labute approximate surface area is 159 Å². The lowest BCUT2D eigenvalue weighted by atomic mass is 10.0. The van der Waals surface area contributed by atoms with Crippen LogP contribution in [-0.2, 0) is 10.5 Å². The number of benzene rings is 2. The first-order valence-corrected chi connectivity index (χ1v) is 8.49. The maximum atomic E-state index is 13.0. The van der Waals surface area contributed by atoms with Crippen molar-refractivity contribution in [2.75, 3.05) is 17.3 Å². The second kappa shape index (κ2) is 5.89. The van der Waals surface area contributed by atoms with Gasteiger partial charge in [-0.15, -0.1) is 0 Å². The monoisotopic (exact) mass is 388 g/mol. The Morgan fingerprint density at radius 2 is 1.92 bits per heavy atom. The lowest BCUT2D eigenvalue weighted by Gasteiger charge is -2.27. The molecule has 1 unspecified atom stereocenters. The molecule has 2 aliphatic rings. The first-order chi connectivity index (χ1) is 12.4. The van der Waals surface area contributed by atoms with Crippen molar-refractivity contribution in [2.45, 2.75) is 5.66 Å². The number of para-hydroxylation sites is 1. The number of aliphatic imine (C=N–C) groups is 2. The van der Waals surface area contributed by atoms with Gasteiger partial charge < -0.3 is 16.0 Å². The number of anilines is 2. The second-order valence-corrected chi connectivity index (χ2v) is 6.65. The summed E-state index contributed by atoms with van der Waals surface area (Å²) in [5.41, 5.74) is 6.42. The van der Waals surface area contributed by atoms with E-state index in [0.717, 1.165) is 5.69 Å². The average molecular weight is 389 g/mol. The van der Waals surface area contributed by atoms with Gasteiger partial charge in [-0.05, 0) is 18.2 Å². The summed E-state index contributed by atoms with van der Waals surface area (Å²) in [6.07, 6.45) is 0. The zero-order chi connectivity index (χ0) is 18.5. The highest BCUT2D eigenvalue weighted by Gasteiger charge is 2.52. The molecule has 2 aliphatic heterocycles. The molecule has 26 heavy (non-hydrogen) atoms. The van der Waals surface area contributed by atoms with E-state index in [1.807, 2.05) is 24.3 Å². The van der Waals surface area contributed by atoms with Crippen LogP contribution in [0.4, 0.5) is 11.4 Å². The molecule has 0 aromatic heterocycles. The number of rotatable bonds is 1. The summed E-state index contributed by atoms with van der Waals surface area (Å²) >= 11 is 12.3. The molecule has 0 radical (unpaired) electrons. The molecule has 1 spiro atoms. The third-order valence-corrected chi connectivity index (χ3v) is 5.07. The van der Waals surface area contributed by atoms with Gasteiger partial charge in [0.1, 0.15) is 0 Å². The van der Waals surface area contributed by atoms with Gasteiger partial charge in [0, 0.05) is 12.6 Å². The minimum absolute atomic E-state index is 0.0686. The Bertz CT molecular complexity index is 989. The van der Waals surface area contributed by atoms with Crippen LogP contribution >= 0.6 is 23.2 Å². The van der Waals surface area contributed by atoms with Crippen molar-refractivity contribution < 1.29 is 4.79 Å². The number of fused-ring (bicyclic) bond motifs is 2. The number of amides is 1. The average Bonchev–Trinajstić information content (AvgIpc) is 2.81. The molecule has 2 heterocycles. The number of nitrogens with one attached hydrogen (secondary N) is 2. The third kappa shape index (κ3) is 2.40. The van der Waals surface area contributed by atoms with Gasteiger partial charge in [-0.2, -0.15) is 0 Å². The van der Waals surface area contributed by atoms with Crippen LogP contribution in [-0.4, -0.2) is 24.9 Å². The van der Waals surface area contributed by atoms with Crippen molar-refractivity contribution in [2.24, 2.45) is 15.7 Å². The van der Waals surface area contributed by atoms with E-state index in [1.165, 1.54) is 4.90 Å². The van der Waals surface area contributed by atoms with Crippen LogP contribution in [0.2, 0.25) is 10.0 Å². The molecule has 0 aliphatic carbocycles. The van der Waals surface area contributed by atoms with Crippen LogP contribution in [0.1, 0.15) is 5.56 Å². The summed E-state index contributed by atoms with van der Waals surface area (Å²) in [4.78, 5) is 23.3. The summed E-state index contributed by atoms with van der Waals surface area (Å²) < 4.78 is 0. The van der Waals surface area contributed by atoms with Gasteiger partial charge in [-0.3, -0.25) is 10.1 Å². The fourth-order valence-corrected chi connectivity index (χ4v) is 3.41. The molecule has 4 N–H and O–H groups in total. The number of nitrogens with two attached hydrogens (primary N) is 1. The van der Waals surface area contributed by atoms with Gasteiger partial charge in [0.05, 0.1) is 21.4 Å². The van der Waals surface area contributed by atoms with Gasteiger partial charge in [0.15, 0.2) is 5.96 Å². The van der Waals surface area contributed by atoms with Crippen LogP contribution in [0.15, 0.2) is 52.4 Å². The topological polar surface area (TPSA) is 95.1 Å². The number of halogens is 2. The number of hydrogen-bond acceptors (Lipinski definition) is 6. The van der Waals surface area contributed by atoms with Gasteiger partial charge in [0.25, 0.3) is 11.6 Å². The van der Waals surface area contributed by atoms with E-state index in [1.54, 1.807) is 25.2 Å². The van der Waals surface area contributed by atoms with Crippen LogP contribution in [0.25, 0.3) is 0 Å². The van der Waals surface area contributed by atoms with E-state index in [2.05, 4.69) is 20.6 Å². The van der Waals surface area contributed by atoms with E-state index in [4.69, 9.17) is 28.9 Å². The number of guanidine groups is 2. The lowest BCUT2D eigenvalue weighted by molar-refractivity contribution is -0.122. The smallest absolute Gasteiger partial charge is 0.282 e. The largest absolute Gasteiger partial charge is 0.370 e. The summed E-state index contributed by atoms with van der Waals surface area (Å²) in [6, 6.07) is 12.5. The molecule has 7 nitrogen and oxygen atoms in total. The molecule has 4 rings (SSSR count). The maximum absolute atomic E-state index is 13.0. The maximum Gasteiger partial charge on any atom is 0.282 e. The molecule has 2 aromatic rings. The van der Waals surface area contributed by atoms with Gasteiger partial charge in [0.2, 0.25) is 5.96 Å². The lowest BCUT2D eigenvalue weighted by Crippen LogP contribution is -2.50. The van der Waals surface area contributed by atoms with Crippen molar-refractivity contribution in [3.05, 3.63) is 58.1 Å². The van der Waals surface area contributed by atoms with Crippen LogP contribution < -0.4 is 21.3 Å². The standard InChI is InChI=1S/C17H14Cl2N6O/c1-25-12-8-3-2-5-9(12)17(14(25)26)23-15(20)22-16(24-17)21-11-7-4-6-10(18)13(11)19/h2-8H,1H3,(H4,20,21,22,23,24). The van der Waals surface area contributed by atoms with E-state index in [9.17, 15) is 4.79 Å². The Kier molecular flexibility index (Phi) is 3.78. The molecule has 1 amide bonds. The molecule has 2 aromatic carbocycles. The number of hydrogen-bond donors (Lipinski definition) is 3. The number of carbonyl (C=O) groups excluding carboxylic acids is 1. The quantitative estimate of drug-likeness (QED) is 0.699. The van der Waals surface area contributed by atoms with Gasteiger partial charge >= 0.3 is 0 Å². The van der Waals surface area contributed by atoms with Crippen molar-refractivity contribution in [3.63, 3.8) is 0 Å². The fraction of sp³-hybridized carbons (Fsp3) is 0.118. The molecule has 1 atom stereocenters. The SMILES string of the molecule is CN1C(=O)C2(N=C(N)NC(Nc3cccc(Cl)c3Cl)=N2)c2ccccc21. The van der Waals surface area contributed by atoms with Crippen LogP contribution in [0.3, 0.4) is 0 Å². The Balaban J connectivity index is 1.81. The first-order valence-electron chi connectivity index (χ1n) is 7.73. The third-order valence-electron chi connectivity index (χ3n) is 4.25. The summed E-state index contributed by atoms with van der Waals surface area (Å²) in [5, 5.41) is 6.58. The Morgan fingerprint density at radius 3 is 2.73 bits per heavy atom. The van der Waals surface area contributed by atoms with Crippen molar-refractivity contribution >= 4 is 52.4 Å². The Hall–Kier alpha value is -2.77. The molecule has 132 valence electrons. The second-order valence-electron chi connectivity index (χ2n) is 5.86. The van der Waals surface area contributed by atoms with Crippen molar-refractivity contribution in [3.8, 4) is 0 Å². The molecule has 0 saturated carbocycles. The number of carbonyl (C=O) groups is 1. The zero-order valence-corrected chi connectivity index (χ0v) is 15.1. The van der Waals surface area contributed by atoms with Crippen LogP contribution in [0, 0.1) is 0 Å². The Morgan fingerprint density at radius 1 is 1.15 bits per heavy atom. The van der Waals surface area contributed by atoms with Gasteiger partial charge in [-0.25, -0.2) is 9.98 Å². The van der Waals surface area contributed by atoms with E-state index in [-0.39, 0.29) is 17.8 Å². The number of likely N-dealkylation sites (N-methyl/N-ethyl adjacent to an activating group) is 1. The fourth-order valence-electron chi connectivity index (χ4n) is 3.06. The number of nitrogens with zero attached hydrogens (tertiary/aromatic N) is 3. The zero-order valence-electron chi connectivity index (χ0n) is 13.6. The summed E-state index contributed by atoms with van der Waals surface area (Å²) in [5.74, 6) is 0.0267. The summed E-state index contributed by atoms with van der Waals surface area (Å²) in [6.45, 7) is 0. The molecular formula is C17H14Cl2N6O. The minimum Gasteiger partial charge on any atom is -0.370 e. The predicted molar refractivity (Wildman–Crippen MR) is 104 cm³/mol. The predicted octanol–water partition coefficient (Wildman–Crippen LogP) is 2.51. The first kappa shape index (κ1) is 16.7. The van der Waals surface area contributed by atoms with E-state index in [0.29, 0.717) is 21.3 Å². The van der Waals surface area contributed by atoms with E-state index < -0.39 is 5.66 Å². The highest BCUT2D eigenvalue weighted by Crippen LogP contribution is 2.44. The highest BCUT2D eigenvalue weighted by atomic mass is 35.5. The van der Waals surface area contributed by atoms with Gasteiger partial charge in [-0.1, -0.05) is 47.5 Å². The van der Waals surface area contributed by atoms with E-state index >= 15 is 0 Å². The molecule has 9 heteroatoms. The normalized spacial score (nSPS) is 21.2. The molecule has 0 bridgehead atoms. The minimum atomic E-state index is -1.46.